The third kappa shape index (κ3) is 5.39. The van der Waals surface area contributed by atoms with E-state index in [1.807, 2.05) is 12.1 Å². The molecule has 3 aromatic rings. The molecule has 4 rings (SSSR count). The summed E-state index contributed by atoms with van der Waals surface area (Å²) >= 11 is 0. The highest BCUT2D eigenvalue weighted by Gasteiger charge is 2.19. The van der Waals surface area contributed by atoms with Gasteiger partial charge in [0.1, 0.15) is 0 Å². The molecular weight excluding hydrogens is 422 g/mol. The summed E-state index contributed by atoms with van der Waals surface area (Å²) in [6.45, 7) is 10.1. The second-order valence-corrected chi connectivity index (χ2v) is 9.08. The van der Waals surface area contributed by atoms with Gasteiger partial charge in [-0.2, -0.15) is 0 Å². The van der Waals surface area contributed by atoms with Crippen molar-refractivity contribution in [2.45, 2.75) is 46.0 Å². The van der Waals surface area contributed by atoms with Gasteiger partial charge in [0.05, 0.1) is 29.0 Å². The first-order chi connectivity index (χ1) is 16.4. The van der Waals surface area contributed by atoms with Crippen LogP contribution in [0, 0.1) is 5.92 Å². The number of nitrogens with zero attached hydrogens (tertiary/aromatic N) is 3. The highest BCUT2D eigenvalue weighted by atomic mass is 16.1. The Hall–Kier alpha value is -3.80. The van der Waals surface area contributed by atoms with Crippen molar-refractivity contribution in [1.82, 2.24) is 15.0 Å². The molecule has 1 aliphatic carbocycles. The van der Waals surface area contributed by atoms with Gasteiger partial charge in [0, 0.05) is 11.8 Å². The van der Waals surface area contributed by atoms with Gasteiger partial charge < -0.3 is 10.6 Å². The van der Waals surface area contributed by atoms with E-state index >= 15 is 0 Å². The first-order valence-corrected chi connectivity index (χ1v) is 11.8. The molecule has 6 nitrogen and oxygen atoms in total. The maximum atomic E-state index is 11.8. The predicted octanol–water partition coefficient (Wildman–Crippen LogP) is 6.27. The number of carbonyl (C=O) groups is 1. The van der Waals surface area contributed by atoms with Crippen molar-refractivity contribution in [3.63, 3.8) is 0 Å². The second kappa shape index (κ2) is 10.4. The first kappa shape index (κ1) is 23.4. The number of amides is 1. The lowest BCUT2D eigenvalue weighted by atomic mass is 9.91. The lowest BCUT2D eigenvalue weighted by molar-refractivity contribution is -0.111. The van der Waals surface area contributed by atoms with E-state index in [4.69, 9.17) is 4.98 Å². The average molecular weight is 454 g/mol. The minimum absolute atomic E-state index is 0.282. The molecule has 2 N–H and O–H groups in total. The van der Waals surface area contributed by atoms with Crippen molar-refractivity contribution in [1.29, 1.82) is 0 Å². The van der Waals surface area contributed by atoms with Gasteiger partial charge in [-0.1, -0.05) is 57.7 Å². The quantitative estimate of drug-likeness (QED) is 0.412. The fraction of sp³-hybridized carbons (Fsp3) is 0.286. The number of nitrogens with one attached hydrogen (secondary N) is 2. The van der Waals surface area contributed by atoms with Crippen molar-refractivity contribution in [3.05, 3.63) is 90.0 Å². The van der Waals surface area contributed by atoms with Crippen LogP contribution in [0.25, 0.3) is 5.57 Å². The summed E-state index contributed by atoms with van der Waals surface area (Å²) in [6.07, 6.45) is 9.87. The zero-order valence-electron chi connectivity index (χ0n) is 20.0. The van der Waals surface area contributed by atoms with E-state index in [0.717, 1.165) is 41.9 Å². The van der Waals surface area contributed by atoms with Crippen LogP contribution in [0.1, 0.15) is 62.0 Å². The molecule has 0 aliphatic heterocycles. The lowest BCUT2D eigenvalue weighted by Crippen LogP contribution is -2.10. The maximum absolute atomic E-state index is 11.8. The first-order valence-electron chi connectivity index (χ1n) is 11.8. The van der Waals surface area contributed by atoms with Crippen LogP contribution in [-0.2, 0) is 11.2 Å². The highest BCUT2D eigenvalue weighted by Crippen LogP contribution is 2.36. The van der Waals surface area contributed by atoms with E-state index in [1.54, 1.807) is 12.4 Å². The topological polar surface area (TPSA) is 79.8 Å². The second-order valence-electron chi connectivity index (χ2n) is 9.08. The smallest absolute Gasteiger partial charge is 0.247 e. The number of benzene rings is 1. The number of hydrogen-bond acceptors (Lipinski definition) is 5. The third-order valence-electron chi connectivity index (χ3n) is 5.93. The molecule has 0 radical (unpaired) electrons. The third-order valence-corrected chi connectivity index (χ3v) is 5.93. The van der Waals surface area contributed by atoms with Crippen molar-refractivity contribution in [2.75, 3.05) is 10.6 Å². The summed E-state index contributed by atoms with van der Waals surface area (Å²) in [6, 6.07) is 12.4. The number of anilines is 3. The van der Waals surface area contributed by atoms with E-state index < -0.39 is 0 Å². The van der Waals surface area contributed by atoms with E-state index in [0.29, 0.717) is 23.5 Å². The Morgan fingerprint density at radius 1 is 1.24 bits per heavy atom. The van der Waals surface area contributed by atoms with Crippen LogP contribution in [0.2, 0.25) is 0 Å². The number of pyridine rings is 1. The molecule has 1 atom stereocenters. The molecular formula is C28H31N5O. The molecule has 2 heterocycles. The molecule has 0 bridgehead atoms. The fourth-order valence-electron chi connectivity index (χ4n) is 4.26. The largest absolute Gasteiger partial charge is 0.322 e. The Balaban J connectivity index is 1.68. The Morgan fingerprint density at radius 3 is 2.85 bits per heavy atom. The number of fused-ring (bicyclic) bond motifs is 1. The number of aromatic nitrogens is 3. The van der Waals surface area contributed by atoms with Gasteiger partial charge in [0.2, 0.25) is 11.9 Å². The van der Waals surface area contributed by atoms with Crippen LogP contribution in [-0.4, -0.2) is 20.9 Å². The Morgan fingerprint density at radius 2 is 2.06 bits per heavy atom. The fourth-order valence-corrected chi connectivity index (χ4v) is 4.26. The summed E-state index contributed by atoms with van der Waals surface area (Å²) in [5.41, 5.74) is 6.86. The summed E-state index contributed by atoms with van der Waals surface area (Å²) in [5.74, 6) is 1.13. The summed E-state index contributed by atoms with van der Waals surface area (Å²) in [7, 11) is 0. The zero-order chi connectivity index (χ0) is 24.1. The van der Waals surface area contributed by atoms with Crippen LogP contribution < -0.4 is 10.6 Å². The minimum Gasteiger partial charge on any atom is -0.322 e. The Kier molecular flexibility index (Phi) is 7.16. The van der Waals surface area contributed by atoms with Gasteiger partial charge in [-0.3, -0.25) is 9.78 Å². The van der Waals surface area contributed by atoms with Crippen LogP contribution in [0.4, 0.5) is 17.3 Å². The van der Waals surface area contributed by atoms with Gasteiger partial charge in [-0.15, -0.1) is 0 Å². The highest BCUT2D eigenvalue weighted by molar-refractivity contribution is 5.99. The SMILES string of the molecule is C=CC(=O)Nc1cnc(CC(C)C)c(Nc2nccc(C3=CCCC(C)c4ccccc43)n2)c1. The Labute approximate surface area is 201 Å². The molecule has 0 saturated carbocycles. The molecule has 0 saturated heterocycles. The van der Waals surface area contributed by atoms with Gasteiger partial charge >= 0.3 is 0 Å². The normalized spacial score (nSPS) is 15.2. The van der Waals surface area contributed by atoms with Gasteiger partial charge in [0.25, 0.3) is 0 Å². The molecule has 2 aromatic heterocycles. The van der Waals surface area contributed by atoms with Gasteiger partial charge in [-0.25, -0.2) is 9.97 Å². The molecule has 0 spiro atoms. The van der Waals surface area contributed by atoms with E-state index in [2.05, 4.69) is 78.3 Å². The molecule has 1 amide bonds. The minimum atomic E-state index is -0.282. The van der Waals surface area contributed by atoms with E-state index in [-0.39, 0.29) is 5.91 Å². The predicted molar refractivity (Wildman–Crippen MR) is 138 cm³/mol. The zero-order valence-corrected chi connectivity index (χ0v) is 20.0. The summed E-state index contributed by atoms with van der Waals surface area (Å²) in [4.78, 5) is 25.7. The number of allylic oxidation sites excluding steroid dienone is 1. The van der Waals surface area contributed by atoms with Crippen LogP contribution in [0.15, 0.2) is 67.5 Å². The molecule has 1 unspecified atom stereocenters. The summed E-state index contributed by atoms with van der Waals surface area (Å²) in [5, 5.41) is 6.12. The molecule has 0 fully saturated rings. The lowest BCUT2D eigenvalue weighted by Gasteiger charge is -2.16. The van der Waals surface area contributed by atoms with Gasteiger partial charge in [-0.05, 0) is 60.4 Å². The molecule has 1 aromatic carbocycles. The van der Waals surface area contributed by atoms with Crippen LogP contribution in [0.5, 0.6) is 0 Å². The average Bonchev–Trinajstić information content (AvgIpc) is 2.99. The van der Waals surface area contributed by atoms with Gasteiger partial charge in [0.15, 0.2) is 0 Å². The van der Waals surface area contributed by atoms with E-state index in [1.165, 1.54) is 17.2 Å². The molecule has 1 aliphatic rings. The van der Waals surface area contributed by atoms with E-state index in [9.17, 15) is 4.79 Å². The van der Waals surface area contributed by atoms with Crippen LogP contribution >= 0.6 is 0 Å². The molecule has 174 valence electrons. The van der Waals surface area contributed by atoms with Crippen molar-refractivity contribution in [2.24, 2.45) is 5.92 Å². The molecule has 34 heavy (non-hydrogen) atoms. The number of rotatable bonds is 7. The summed E-state index contributed by atoms with van der Waals surface area (Å²) < 4.78 is 0. The maximum Gasteiger partial charge on any atom is 0.247 e. The van der Waals surface area contributed by atoms with Crippen LogP contribution in [0.3, 0.4) is 0 Å². The van der Waals surface area contributed by atoms with Crippen molar-refractivity contribution >= 4 is 28.8 Å². The van der Waals surface area contributed by atoms with Crippen molar-refractivity contribution < 1.29 is 4.79 Å². The van der Waals surface area contributed by atoms with Crippen molar-refractivity contribution in [3.8, 4) is 0 Å². The number of hydrogen-bond donors (Lipinski definition) is 2. The Bertz CT molecular complexity index is 1230. The standard InChI is InChI=1S/C28H31N5O/c1-5-27(34)31-20-16-26(25(30-17-20)15-18(2)3)33-28-29-14-13-24(32-28)23-12-8-9-19(4)21-10-6-7-11-22(21)23/h5-7,10-14,16-19H,1,8-9,15H2,2-4H3,(H,31,34)(H,29,32,33). The monoisotopic (exact) mass is 453 g/mol. The number of carbonyl (C=O) groups excluding carboxylic acids is 1. The molecule has 6 heteroatoms.